The summed E-state index contributed by atoms with van der Waals surface area (Å²) in [6, 6.07) is 4.20. The summed E-state index contributed by atoms with van der Waals surface area (Å²) in [5.74, 6) is 0.735. The van der Waals surface area contributed by atoms with Crippen molar-refractivity contribution in [3.63, 3.8) is 0 Å². The van der Waals surface area contributed by atoms with E-state index < -0.39 is 0 Å². The number of nitrogens with zero attached hydrogens (tertiary/aromatic N) is 1. The van der Waals surface area contributed by atoms with E-state index in [1.54, 1.807) is 13.2 Å². The van der Waals surface area contributed by atoms with Crippen molar-refractivity contribution in [2.75, 3.05) is 46.5 Å². The average Bonchev–Trinajstić information content (AvgIpc) is 2.61. The first-order valence-corrected chi connectivity index (χ1v) is 9.67. The number of ether oxygens (including phenoxy) is 2. The van der Waals surface area contributed by atoms with Crippen LogP contribution < -0.4 is 10.1 Å². The van der Waals surface area contributed by atoms with Crippen LogP contribution >= 0.6 is 23.2 Å². The smallest absolute Gasteiger partial charge is 0.145 e. The van der Waals surface area contributed by atoms with Gasteiger partial charge >= 0.3 is 0 Å². The second-order valence-corrected chi connectivity index (χ2v) is 7.58. The minimum absolute atomic E-state index is 0.573. The summed E-state index contributed by atoms with van der Waals surface area (Å²) in [5, 5.41) is 4.89. The van der Waals surface area contributed by atoms with Crippen LogP contribution in [0.4, 0.5) is 0 Å². The van der Waals surface area contributed by atoms with E-state index in [1.807, 2.05) is 6.07 Å². The van der Waals surface area contributed by atoms with Gasteiger partial charge in [-0.15, -0.1) is 0 Å². The second kappa shape index (κ2) is 9.24. The first-order chi connectivity index (χ1) is 12.2. The number of piperidine rings is 1. The highest BCUT2D eigenvalue weighted by Crippen LogP contribution is 2.36. The Bertz CT molecular complexity index is 614. The molecule has 0 saturated carbocycles. The molecule has 0 bridgehead atoms. The zero-order chi connectivity index (χ0) is 17.6. The molecule has 4 nitrogen and oxygen atoms in total. The maximum atomic E-state index is 6.19. The van der Waals surface area contributed by atoms with E-state index in [0.29, 0.717) is 22.7 Å². The van der Waals surface area contributed by atoms with Crippen molar-refractivity contribution < 1.29 is 9.47 Å². The lowest BCUT2D eigenvalue weighted by Crippen LogP contribution is -2.43. The lowest BCUT2D eigenvalue weighted by molar-refractivity contribution is 0.153. The number of benzene rings is 1. The van der Waals surface area contributed by atoms with Gasteiger partial charge in [-0.1, -0.05) is 23.2 Å². The quantitative estimate of drug-likeness (QED) is 0.723. The summed E-state index contributed by atoms with van der Waals surface area (Å²) in [6.07, 6.45) is 5.64. The predicted octanol–water partition coefficient (Wildman–Crippen LogP) is 3.86. The van der Waals surface area contributed by atoms with Crippen molar-refractivity contribution >= 4 is 29.3 Å². The van der Waals surface area contributed by atoms with Gasteiger partial charge in [-0.2, -0.15) is 0 Å². The Balaban J connectivity index is 1.46. The molecule has 2 aliphatic heterocycles. The van der Waals surface area contributed by atoms with Crippen LogP contribution in [0.15, 0.2) is 17.7 Å². The molecule has 1 fully saturated rings. The summed E-state index contributed by atoms with van der Waals surface area (Å²) in [5.41, 5.74) is 2.20. The lowest BCUT2D eigenvalue weighted by atomic mass is 10.0. The molecule has 0 radical (unpaired) electrons. The fourth-order valence-electron chi connectivity index (χ4n) is 3.44. The number of halogens is 2. The van der Waals surface area contributed by atoms with Crippen LogP contribution in [0.2, 0.25) is 10.0 Å². The van der Waals surface area contributed by atoms with Gasteiger partial charge in [0.1, 0.15) is 12.4 Å². The number of nitrogens with one attached hydrogen (secondary N) is 1. The van der Waals surface area contributed by atoms with Crippen LogP contribution in [-0.2, 0) is 4.74 Å². The normalized spacial score (nSPS) is 18.6. The van der Waals surface area contributed by atoms with Crippen LogP contribution in [0.5, 0.6) is 5.75 Å². The van der Waals surface area contributed by atoms with Crippen molar-refractivity contribution in [1.82, 2.24) is 10.2 Å². The van der Waals surface area contributed by atoms with E-state index in [-0.39, 0.29) is 0 Å². The van der Waals surface area contributed by atoms with E-state index in [9.17, 15) is 0 Å². The van der Waals surface area contributed by atoms with Crippen molar-refractivity contribution in [3.05, 3.63) is 33.3 Å². The van der Waals surface area contributed by atoms with E-state index in [0.717, 1.165) is 50.5 Å². The van der Waals surface area contributed by atoms with Crippen molar-refractivity contribution in [3.8, 4) is 5.75 Å². The Morgan fingerprint density at radius 2 is 2.08 bits per heavy atom. The van der Waals surface area contributed by atoms with Gasteiger partial charge in [-0.05, 0) is 56.1 Å². The molecule has 2 heterocycles. The molecule has 0 aliphatic carbocycles. The van der Waals surface area contributed by atoms with Crippen LogP contribution in [0.3, 0.4) is 0 Å². The van der Waals surface area contributed by atoms with Crippen molar-refractivity contribution in [2.45, 2.75) is 25.3 Å². The Morgan fingerprint density at radius 1 is 1.28 bits per heavy atom. The van der Waals surface area contributed by atoms with Gasteiger partial charge in [-0.3, -0.25) is 0 Å². The first-order valence-electron chi connectivity index (χ1n) is 8.91. The number of rotatable bonds is 7. The molecule has 0 atom stereocenters. The minimum Gasteiger partial charge on any atom is -0.487 e. The fraction of sp³-hybridized carbons (Fsp3) is 0.579. The van der Waals surface area contributed by atoms with Gasteiger partial charge in [0.25, 0.3) is 0 Å². The number of hydrogen-bond donors (Lipinski definition) is 1. The van der Waals surface area contributed by atoms with Crippen LogP contribution in [0.25, 0.3) is 6.08 Å². The summed E-state index contributed by atoms with van der Waals surface area (Å²) in [7, 11) is 1.76. The molecular weight excluding hydrogens is 359 g/mol. The third-order valence-corrected chi connectivity index (χ3v) is 5.33. The molecule has 0 aromatic heterocycles. The average molecular weight is 385 g/mol. The minimum atomic E-state index is 0.573. The zero-order valence-corrected chi connectivity index (χ0v) is 16.2. The van der Waals surface area contributed by atoms with Gasteiger partial charge in [-0.25, -0.2) is 0 Å². The highest BCUT2D eigenvalue weighted by Gasteiger charge is 2.20. The van der Waals surface area contributed by atoms with Gasteiger partial charge in [0.15, 0.2) is 0 Å². The zero-order valence-electron chi connectivity index (χ0n) is 14.7. The molecule has 1 N–H and O–H groups in total. The Labute approximate surface area is 160 Å². The first kappa shape index (κ1) is 19.0. The SMILES string of the molecule is COCCCN1CCC(NCC2=Cc3cc(Cl)cc(Cl)c3OC2)CC1. The number of likely N-dealkylation sites (tertiary alicyclic amines) is 1. The summed E-state index contributed by atoms with van der Waals surface area (Å²) in [4.78, 5) is 2.53. The topological polar surface area (TPSA) is 33.7 Å². The van der Waals surface area contributed by atoms with Gasteiger partial charge < -0.3 is 19.7 Å². The molecule has 0 spiro atoms. The predicted molar refractivity (Wildman–Crippen MR) is 104 cm³/mol. The van der Waals surface area contributed by atoms with E-state index >= 15 is 0 Å². The van der Waals surface area contributed by atoms with Crippen LogP contribution in [-0.4, -0.2) is 57.4 Å². The Kier molecular flexibility index (Phi) is 7.02. The highest BCUT2D eigenvalue weighted by molar-refractivity contribution is 6.36. The lowest BCUT2D eigenvalue weighted by Gasteiger charge is -2.32. The van der Waals surface area contributed by atoms with E-state index in [2.05, 4.69) is 16.3 Å². The molecule has 6 heteroatoms. The Hall–Kier alpha value is -0.780. The summed E-state index contributed by atoms with van der Waals surface area (Å²) in [6.45, 7) is 5.73. The van der Waals surface area contributed by atoms with Gasteiger partial charge in [0.05, 0.1) is 5.02 Å². The number of hydrogen-bond acceptors (Lipinski definition) is 4. The van der Waals surface area contributed by atoms with Gasteiger partial charge in [0, 0.05) is 43.4 Å². The largest absolute Gasteiger partial charge is 0.487 e. The standard InChI is InChI=1S/C19H26Cl2N2O2/c1-24-8-2-5-23-6-3-17(4-7-23)22-12-14-9-15-10-16(20)11-18(21)19(15)25-13-14/h9-11,17,22H,2-8,12-13H2,1H3. The van der Waals surface area contributed by atoms with E-state index in [4.69, 9.17) is 32.7 Å². The molecule has 1 saturated heterocycles. The van der Waals surface area contributed by atoms with Crippen LogP contribution in [0, 0.1) is 0 Å². The molecule has 0 amide bonds. The van der Waals surface area contributed by atoms with Gasteiger partial charge in [0.2, 0.25) is 0 Å². The highest BCUT2D eigenvalue weighted by atomic mass is 35.5. The monoisotopic (exact) mass is 384 g/mol. The molecular formula is C19H26Cl2N2O2. The van der Waals surface area contributed by atoms with E-state index in [1.165, 1.54) is 18.4 Å². The molecule has 3 rings (SSSR count). The Morgan fingerprint density at radius 3 is 2.84 bits per heavy atom. The molecule has 138 valence electrons. The molecule has 1 aromatic rings. The third-order valence-electron chi connectivity index (χ3n) is 4.83. The third kappa shape index (κ3) is 5.35. The molecule has 0 unspecified atom stereocenters. The fourth-order valence-corrected chi connectivity index (χ4v) is 4.00. The molecule has 2 aliphatic rings. The van der Waals surface area contributed by atoms with Crippen molar-refractivity contribution in [2.24, 2.45) is 0 Å². The molecule has 1 aromatic carbocycles. The molecule has 25 heavy (non-hydrogen) atoms. The maximum Gasteiger partial charge on any atom is 0.145 e. The maximum absolute atomic E-state index is 6.19. The second-order valence-electron chi connectivity index (χ2n) is 6.74. The summed E-state index contributed by atoms with van der Waals surface area (Å²) >= 11 is 12.3. The number of fused-ring (bicyclic) bond motifs is 1. The number of methoxy groups -OCH3 is 1. The van der Waals surface area contributed by atoms with Crippen molar-refractivity contribution in [1.29, 1.82) is 0 Å². The summed E-state index contributed by atoms with van der Waals surface area (Å²) < 4.78 is 10.9. The van der Waals surface area contributed by atoms with Crippen LogP contribution in [0.1, 0.15) is 24.8 Å².